The molecule has 3 heterocycles. The van der Waals surface area contributed by atoms with Crippen molar-refractivity contribution in [1.82, 2.24) is 19.4 Å². The maximum absolute atomic E-state index is 4.78. The molecule has 2 aromatic heterocycles. The van der Waals surface area contributed by atoms with E-state index < -0.39 is 0 Å². The summed E-state index contributed by atoms with van der Waals surface area (Å²) in [4.78, 5) is 0. The van der Waals surface area contributed by atoms with Crippen molar-refractivity contribution >= 4 is 17.5 Å². The van der Waals surface area contributed by atoms with E-state index in [0.717, 1.165) is 33.7 Å². The highest BCUT2D eigenvalue weighted by Crippen LogP contribution is 2.28. The van der Waals surface area contributed by atoms with Gasteiger partial charge in [0, 0.05) is 19.0 Å². The van der Waals surface area contributed by atoms with Crippen LogP contribution in [0.2, 0.25) is 0 Å². The van der Waals surface area contributed by atoms with E-state index in [4.69, 9.17) is 5.10 Å². The average Bonchev–Trinajstić information content (AvgIpc) is 3.13. The lowest BCUT2D eigenvalue weighted by molar-refractivity contribution is 0.756. The van der Waals surface area contributed by atoms with Crippen LogP contribution in [0.4, 0.5) is 0 Å². The molecule has 22 heavy (non-hydrogen) atoms. The van der Waals surface area contributed by atoms with Gasteiger partial charge in [-0.3, -0.25) is 0 Å². The Kier molecular flexibility index (Phi) is 3.11. The molecule has 0 radical (unpaired) electrons. The Morgan fingerprint density at radius 1 is 1.09 bits per heavy atom. The van der Waals surface area contributed by atoms with Gasteiger partial charge in [-0.1, -0.05) is 41.6 Å². The minimum Gasteiger partial charge on any atom is -0.348 e. The molecule has 6 heteroatoms. The highest BCUT2D eigenvalue weighted by atomic mass is 32.2. The van der Waals surface area contributed by atoms with Crippen LogP contribution in [0.25, 0.3) is 11.5 Å². The maximum atomic E-state index is 4.78. The molecule has 3 aromatic rings. The van der Waals surface area contributed by atoms with Crippen molar-refractivity contribution in [1.29, 1.82) is 0 Å². The van der Waals surface area contributed by atoms with Crippen LogP contribution in [-0.4, -0.2) is 30.9 Å². The lowest BCUT2D eigenvalue weighted by atomic mass is 10.1. The zero-order valence-corrected chi connectivity index (χ0v) is 13.2. The van der Waals surface area contributed by atoms with Crippen LogP contribution in [-0.2, 0) is 7.05 Å². The number of rotatable bonds is 2. The summed E-state index contributed by atoms with van der Waals surface area (Å²) >= 11 is 1.67. The molecule has 110 valence electrons. The Hall–Kier alpha value is -2.34. The number of fused-ring (bicyclic) bond motifs is 1. The van der Waals surface area contributed by atoms with Crippen LogP contribution < -0.4 is 0 Å². The second-order valence-electron chi connectivity index (χ2n) is 5.32. The van der Waals surface area contributed by atoms with Crippen LogP contribution in [0, 0.1) is 6.92 Å². The first kappa shape index (κ1) is 13.3. The van der Waals surface area contributed by atoms with E-state index in [1.807, 2.05) is 34.6 Å². The molecule has 0 atom stereocenters. The third kappa shape index (κ3) is 2.16. The highest BCUT2D eigenvalue weighted by Gasteiger charge is 2.21. The van der Waals surface area contributed by atoms with Gasteiger partial charge in [-0.15, -0.1) is 10.2 Å². The van der Waals surface area contributed by atoms with Crippen molar-refractivity contribution < 1.29 is 0 Å². The van der Waals surface area contributed by atoms with E-state index in [0.29, 0.717) is 0 Å². The molecule has 0 saturated carbocycles. The first-order valence-electron chi connectivity index (χ1n) is 7.07. The van der Waals surface area contributed by atoms with Gasteiger partial charge in [0.05, 0.1) is 11.4 Å². The lowest BCUT2D eigenvalue weighted by Gasteiger charge is -2.14. The molecule has 5 nitrogen and oxygen atoms in total. The predicted molar refractivity (Wildman–Crippen MR) is 88.3 cm³/mol. The average molecular weight is 309 g/mol. The largest absolute Gasteiger partial charge is 0.348 e. The van der Waals surface area contributed by atoms with E-state index in [1.54, 1.807) is 11.8 Å². The van der Waals surface area contributed by atoms with Gasteiger partial charge in [0.15, 0.2) is 0 Å². The fourth-order valence-corrected chi connectivity index (χ4v) is 3.31. The van der Waals surface area contributed by atoms with Gasteiger partial charge in [-0.2, -0.15) is 9.78 Å². The summed E-state index contributed by atoms with van der Waals surface area (Å²) in [7, 11) is 2.00. The lowest BCUT2D eigenvalue weighted by Crippen LogP contribution is -2.14. The molecule has 0 aliphatic carbocycles. The van der Waals surface area contributed by atoms with Crippen LogP contribution in [0.5, 0.6) is 0 Å². The number of hydrogen-bond donors (Lipinski definition) is 0. The number of aryl methyl sites for hydroxylation is 2. The smallest absolute Gasteiger partial charge is 0.212 e. The normalized spacial score (nSPS) is 13.8. The maximum Gasteiger partial charge on any atom is 0.212 e. The number of nitrogens with zero attached hydrogens (tertiary/aromatic N) is 5. The molecule has 1 aliphatic heterocycles. The van der Waals surface area contributed by atoms with Crippen molar-refractivity contribution in [3.8, 4) is 11.5 Å². The third-order valence-corrected chi connectivity index (χ3v) is 4.66. The molecule has 0 fully saturated rings. The number of thioether (sulfide) groups is 1. The molecular weight excluding hydrogens is 294 g/mol. The molecule has 4 rings (SSSR count). The second-order valence-corrected chi connectivity index (χ2v) is 6.27. The van der Waals surface area contributed by atoms with Gasteiger partial charge in [-0.25, -0.2) is 0 Å². The van der Waals surface area contributed by atoms with Crippen molar-refractivity contribution in [2.45, 2.75) is 12.1 Å². The van der Waals surface area contributed by atoms with Crippen molar-refractivity contribution in [3.05, 3.63) is 53.7 Å². The molecule has 0 bridgehead atoms. The fraction of sp³-hybridized carbons (Fsp3) is 0.188. The predicted octanol–water partition coefficient (Wildman–Crippen LogP) is 2.95. The van der Waals surface area contributed by atoms with Crippen LogP contribution in [0.3, 0.4) is 0 Å². The van der Waals surface area contributed by atoms with E-state index in [-0.39, 0.29) is 0 Å². The summed E-state index contributed by atoms with van der Waals surface area (Å²) in [6, 6.07) is 12.5. The molecule has 0 unspecified atom stereocenters. The highest BCUT2D eigenvalue weighted by molar-refractivity contribution is 7.99. The minimum atomic E-state index is 0.777. The molecule has 0 spiro atoms. The topological polar surface area (TPSA) is 48.0 Å². The SMILES string of the molecule is Cc1ccc(C2=Nn3c(nnc3-c3cccn3C)SC2)cc1. The molecule has 0 saturated heterocycles. The summed E-state index contributed by atoms with van der Waals surface area (Å²) in [6.45, 7) is 2.09. The molecular formula is C16H15N5S. The van der Waals surface area contributed by atoms with Gasteiger partial charge in [0.25, 0.3) is 0 Å². The summed E-state index contributed by atoms with van der Waals surface area (Å²) in [5.74, 6) is 1.59. The summed E-state index contributed by atoms with van der Waals surface area (Å²) < 4.78 is 3.87. The van der Waals surface area contributed by atoms with E-state index in [1.165, 1.54) is 5.56 Å². The monoisotopic (exact) mass is 309 g/mol. The van der Waals surface area contributed by atoms with Gasteiger partial charge in [0.2, 0.25) is 11.0 Å². The van der Waals surface area contributed by atoms with E-state index >= 15 is 0 Å². The van der Waals surface area contributed by atoms with Gasteiger partial charge < -0.3 is 4.57 Å². The number of hydrogen-bond acceptors (Lipinski definition) is 4. The second kappa shape index (κ2) is 5.14. The molecule has 0 amide bonds. The Labute approximate surface area is 132 Å². The number of aromatic nitrogens is 4. The Bertz CT molecular complexity index is 857. The zero-order chi connectivity index (χ0) is 15.1. The number of benzene rings is 1. The molecule has 1 aromatic carbocycles. The quantitative estimate of drug-likeness (QED) is 0.731. The Morgan fingerprint density at radius 2 is 1.91 bits per heavy atom. The Balaban J connectivity index is 1.81. The third-order valence-electron chi connectivity index (χ3n) is 3.73. The van der Waals surface area contributed by atoms with Crippen molar-refractivity contribution in [2.24, 2.45) is 12.1 Å². The zero-order valence-electron chi connectivity index (χ0n) is 12.4. The van der Waals surface area contributed by atoms with Crippen LogP contribution >= 0.6 is 11.8 Å². The first-order chi connectivity index (χ1) is 10.7. The van der Waals surface area contributed by atoms with E-state index in [2.05, 4.69) is 41.4 Å². The standard InChI is InChI=1S/C16H15N5S/c1-11-5-7-12(8-6-11)13-10-22-16-18-17-15(21(16)19-13)14-4-3-9-20(14)2/h3-9H,10H2,1-2H3. The van der Waals surface area contributed by atoms with Gasteiger partial charge in [-0.05, 0) is 24.6 Å². The fourth-order valence-electron chi connectivity index (χ4n) is 2.47. The van der Waals surface area contributed by atoms with Gasteiger partial charge in [0.1, 0.15) is 0 Å². The molecule has 0 N–H and O–H groups in total. The summed E-state index contributed by atoms with van der Waals surface area (Å²) in [5, 5.41) is 14.2. The van der Waals surface area contributed by atoms with Crippen LogP contribution in [0.1, 0.15) is 11.1 Å². The first-order valence-corrected chi connectivity index (χ1v) is 8.06. The van der Waals surface area contributed by atoms with Gasteiger partial charge >= 0.3 is 0 Å². The summed E-state index contributed by atoms with van der Waals surface area (Å²) in [6.07, 6.45) is 2.00. The summed E-state index contributed by atoms with van der Waals surface area (Å²) in [5.41, 5.74) is 4.46. The minimum absolute atomic E-state index is 0.777. The Morgan fingerprint density at radius 3 is 2.64 bits per heavy atom. The van der Waals surface area contributed by atoms with Crippen molar-refractivity contribution in [3.63, 3.8) is 0 Å². The van der Waals surface area contributed by atoms with E-state index in [9.17, 15) is 0 Å². The van der Waals surface area contributed by atoms with Crippen LogP contribution in [0.15, 0.2) is 52.9 Å². The molecule has 1 aliphatic rings. The van der Waals surface area contributed by atoms with Crippen molar-refractivity contribution in [2.75, 3.05) is 5.75 Å².